The monoisotopic (exact) mass is 338 g/mol. The zero-order valence-electron chi connectivity index (χ0n) is 11.9. The SMILES string of the molecule is CCc1ccc(S(=O)(=O)N2CCCC(C)C2CN)s1.Cl. The number of piperidine rings is 1. The van der Waals surface area contributed by atoms with Crippen molar-refractivity contribution < 1.29 is 8.42 Å². The maximum atomic E-state index is 12.7. The Hall–Kier alpha value is -0.140. The molecule has 1 aromatic heterocycles. The van der Waals surface area contributed by atoms with Gasteiger partial charge >= 0.3 is 0 Å². The van der Waals surface area contributed by atoms with Crippen molar-refractivity contribution in [2.45, 2.75) is 43.4 Å². The van der Waals surface area contributed by atoms with Crippen LogP contribution in [0, 0.1) is 5.92 Å². The second kappa shape index (κ2) is 7.22. The molecule has 4 nitrogen and oxygen atoms in total. The number of sulfonamides is 1. The Morgan fingerprint density at radius 3 is 2.70 bits per heavy atom. The van der Waals surface area contributed by atoms with Crippen LogP contribution in [0.2, 0.25) is 0 Å². The standard InChI is InChI=1S/C13H22N2O2S2.ClH/c1-3-11-6-7-13(18-11)19(16,17)15-8-4-5-10(2)12(15)9-14;/h6-7,10,12H,3-5,8-9,14H2,1-2H3;1H. The maximum Gasteiger partial charge on any atom is 0.252 e. The molecule has 20 heavy (non-hydrogen) atoms. The number of nitrogens with zero attached hydrogens (tertiary/aromatic N) is 1. The molecule has 2 heterocycles. The van der Waals surface area contributed by atoms with Gasteiger partial charge in [0.15, 0.2) is 0 Å². The number of thiophene rings is 1. The van der Waals surface area contributed by atoms with E-state index in [0.29, 0.717) is 23.2 Å². The third kappa shape index (κ3) is 3.36. The minimum atomic E-state index is -3.37. The molecule has 1 aromatic rings. The first-order chi connectivity index (χ1) is 9.00. The summed E-state index contributed by atoms with van der Waals surface area (Å²) in [5.74, 6) is 0.333. The molecule has 2 atom stereocenters. The molecule has 0 aromatic carbocycles. The van der Waals surface area contributed by atoms with Crippen molar-refractivity contribution in [3.05, 3.63) is 17.0 Å². The molecule has 7 heteroatoms. The van der Waals surface area contributed by atoms with Crippen LogP contribution in [-0.4, -0.2) is 31.9 Å². The van der Waals surface area contributed by atoms with Crippen molar-refractivity contribution in [1.82, 2.24) is 4.31 Å². The van der Waals surface area contributed by atoms with Crippen LogP contribution in [0.5, 0.6) is 0 Å². The number of hydrogen-bond donors (Lipinski definition) is 1. The number of aryl methyl sites for hydroxylation is 1. The molecule has 2 N–H and O–H groups in total. The molecule has 1 aliphatic heterocycles. The van der Waals surface area contributed by atoms with Crippen LogP contribution < -0.4 is 5.73 Å². The fourth-order valence-corrected chi connectivity index (χ4v) is 5.86. The second-order valence-electron chi connectivity index (χ2n) is 5.11. The van der Waals surface area contributed by atoms with E-state index in [2.05, 4.69) is 6.92 Å². The molecule has 0 aliphatic carbocycles. The first kappa shape index (κ1) is 17.9. The van der Waals surface area contributed by atoms with E-state index in [4.69, 9.17) is 5.73 Å². The highest BCUT2D eigenvalue weighted by Crippen LogP contribution is 2.31. The van der Waals surface area contributed by atoms with Gasteiger partial charge < -0.3 is 5.73 Å². The van der Waals surface area contributed by atoms with Crippen LogP contribution in [0.25, 0.3) is 0 Å². The zero-order chi connectivity index (χ0) is 14.0. The molecular formula is C13H23ClN2O2S2. The lowest BCUT2D eigenvalue weighted by atomic mass is 9.93. The topological polar surface area (TPSA) is 63.4 Å². The lowest BCUT2D eigenvalue weighted by molar-refractivity contribution is 0.193. The van der Waals surface area contributed by atoms with Crippen molar-refractivity contribution in [2.24, 2.45) is 11.7 Å². The van der Waals surface area contributed by atoms with E-state index in [1.165, 1.54) is 11.3 Å². The Morgan fingerprint density at radius 2 is 2.15 bits per heavy atom. The maximum absolute atomic E-state index is 12.7. The van der Waals surface area contributed by atoms with Crippen molar-refractivity contribution in [1.29, 1.82) is 0 Å². The van der Waals surface area contributed by atoms with Gasteiger partial charge in [0.1, 0.15) is 4.21 Å². The summed E-state index contributed by atoms with van der Waals surface area (Å²) in [5.41, 5.74) is 5.79. The van der Waals surface area contributed by atoms with Gasteiger partial charge in [0.05, 0.1) is 0 Å². The Kier molecular flexibility index (Phi) is 6.47. The minimum absolute atomic E-state index is 0. The Balaban J connectivity index is 0.00000200. The molecule has 0 amide bonds. The molecule has 1 fully saturated rings. The highest BCUT2D eigenvalue weighted by molar-refractivity contribution is 7.91. The lowest BCUT2D eigenvalue weighted by Gasteiger charge is -2.37. The smallest absolute Gasteiger partial charge is 0.252 e. The van der Waals surface area contributed by atoms with Gasteiger partial charge in [-0.25, -0.2) is 8.42 Å². The molecular weight excluding hydrogens is 316 g/mol. The van der Waals surface area contributed by atoms with Gasteiger partial charge in [0.2, 0.25) is 0 Å². The van der Waals surface area contributed by atoms with Crippen LogP contribution in [0.4, 0.5) is 0 Å². The third-order valence-corrected chi connectivity index (χ3v) is 7.48. The molecule has 0 saturated carbocycles. The summed E-state index contributed by atoms with van der Waals surface area (Å²) in [7, 11) is -3.37. The molecule has 2 rings (SSSR count). The molecule has 0 radical (unpaired) electrons. The quantitative estimate of drug-likeness (QED) is 0.917. The summed E-state index contributed by atoms with van der Waals surface area (Å²) in [4.78, 5) is 1.10. The summed E-state index contributed by atoms with van der Waals surface area (Å²) in [6.45, 7) is 5.11. The fraction of sp³-hybridized carbons (Fsp3) is 0.692. The van der Waals surface area contributed by atoms with E-state index in [1.807, 2.05) is 13.0 Å². The van der Waals surface area contributed by atoms with Crippen LogP contribution >= 0.6 is 23.7 Å². The van der Waals surface area contributed by atoms with Crippen LogP contribution in [0.3, 0.4) is 0 Å². The molecule has 2 unspecified atom stereocenters. The van der Waals surface area contributed by atoms with Gasteiger partial charge in [-0.1, -0.05) is 13.8 Å². The summed E-state index contributed by atoms with van der Waals surface area (Å²) >= 11 is 1.38. The first-order valence-corrected chi connectivity index (χ1v) is 9.07. The Bertz CT molecular complexity index is 530. The number of rotatable bonds is 4. The molecule has 0 bridgehead atoms. The summed E-state index contributed by atoms with van der Waals surface area (Å²) in [6, 6.07) is 3.57. The van der Waals surface area contributed by atoms with E-state index >= 15 is 0 Å². The fourth-order valence-electron chi connectivity index (χ4n) is 2.66. The number of hydrogen-bond acceptors (Lipinski definition) is 4. The number of nitrogens with two attached hydrogens (primary N) is 1. The van der Waals surface area contributed by atoms with Crippen molar-refractivity contribution in [3.8, 4) is 0 Å². The van der Waals surface area contributed by atoms with E-state index in [-0.39, 0.29) is 18.4 Å². The first-order valence-electron chi connectivity index (χ1n) is 6.81. The zero-order valence-corrected chi connectivity index (χ0v) is 14.4. The highest BCUT2D eigenvalue weighted by atomic mass is 35.5. The Labute approximate surface area is 131 Å². The average molecular weight is 339 g/mol. The highest BCUT2D eigenvalue weighted by Gasteiger charge is 2.36. The predicted molar refractivity (Wildman–Crippen MR) is 86.1 cm³/mol. The van der Waals surface area contributed by atoms with Crippen LogP contribution in [0.1, 0.15) is 31.6 Å². The average Bonchev–Trinajstić information content (AvgIpc) is 2.87. The normalized spacial score (nSPS) is 24.4. The summed E-state index contributed by atoms with van der Waals surface area (Å²) in [6.07, 6.45) is 2.85. The van der Waals surface area contributed by atoms with Gasteiger partial charge in [0.25, 0.3) is 10.0 Å². The van der Waals surface area contributed by atoms with E-state index in [9.17, 15) is 8.42 Å². The Morgan fingerprint density at radius 1 is 1.45 bits per heavy atom. The summed E-state index contributed by atoms with van der Waals surface area (Å²) < 4.78 is 27.5. The van der Waals surface area contributed by atoms with Crippen LogP contribution in [0.15, 0.2) is 16.3 Å². The van der Waals surface area contributed by atoms with Crippen molar-refractivity contribution in [2.75, 3.05) is 13.1 Å². The van der Waals surface area contributed by atoms with Gasteiger partial charge in [-0.15, -0.1) is 23.7 Å². The van der Waals surface area contributed by atoms with Crippen molar-refractivity contribution in [3.63, 3.8) is 0 Å². The van der Waals surface area contributed by atoms with E-state index in [0.717, 1.165) is 24.1 Å². The van der Waals surface area contributed by atoms with Crippen molar-refractivity contribution >= 4 is 33.8 Å². The largest absolute Gasteiger partial charge is 0.329 e. The lowest BCUT2D eigenvalue weighted by Crippen LogP contribution is -2.51. The van der Waals surface area contributed by atoms with Gasteiger partial charge in [-0.2, -0.15) is 4.31 Å². The van der Waals surface area contributed by atoms with E-state index < -0.39 is 10.0 Å². The third-order valence-electron chi connectivity index (χ3n) is 3.85. The molecule has 0 spiro atoms. The predicted octanol–water partition coefficient (Wildman–Crippen LogP) is 2.48. The van der Waals surface area contributed by atoms with E-state index in [1.54, 1.807) is 10.4 Å². The van der Waals surface area contributed by atoms with Gasteiger partial charge in [-0.3, -0.25) is 0 Å². The van der Waals surface area contributed by atoms with Gasteiger partial charge in [0, 0.05) is 24.0 Å². The number of halogens is 1. The molecule has 1 aliphatic rings. The minimum Gasteiger partial charge on any atom is -0.329 e. The summed E-state index contributed by atoms with van der Waals surface area (Å²) in [5, 5.41) is 0. The van der Waals surface area contributed by atoms with Gasteiger partial charge in [-0.05, 0) is 37.3 Å². The molecule has 116 valence electrons. The molecule has 1 saturated heterocycles. The second-order valence-corrected chi connectivity index (χ2v) is 8.40. The van der Waals surface area contributed by atoms with Crippen LogP contribution in [-0.2, 0) is 16.4 Å².